The van der Waals surface area contributed by atoms with Crippen LogP contribution in [-0.4, -0.2) is 57.3 Å². The molecule has 2 atom stereocenters. The second kappa shape index (κ2) is 11.5. The Hall–Kier alpha value is -1.61. The number of carbonyl (C=O) groups is 1. The number of alkyl halides is 1. The zero-order valence-corrected chi connectivity index (χ0v) is 19.7. The molecular formula is C23H35ClFN3O4. The van der Waals surface area contributed by atoms with Gasteiger partial charge in [-0.05, 0) is 58.6 Å². The van der Waals surface area contributed by atoms with Gasteiger partial charge < -0.3 is 30.6 Å². The fraction of sp³-hybridized carbons (Fsp3) is 0.696. The highest BCUT2D eigenvalue weighted by Gasteiger charge is 2.41. The molecule has 1 amide bonds. The Morgan fingerprint density at radius 2 is 2.19 bits per heavy atom. The van der Waals surface area contributed by atoms with Crippen molar-refractivity contribution in [2.24, 2.45) is 5.92 Å². The number of nitrogens with one attached hydrogen (secondary N) is 2. The number of rotatable bonds is 10. The maximum Gasteiger partial charge on any atom is 0.255 e. The van der Waals surface area contributed by atoms with Crippen molar-refractivity contribution in [2.45, 2.75) is 57.9 Å². The SMILES string of the molecule is CCOC(CCC1CNCCC1(F)CNC(=O)c1cc(Cl)c(N)c2c1OCCC2)OCC. The summed E-state index contributed by atoms with van der Waals surface area (Å²) in [6.07, 6.45) is 2.68. The predicted molar refractivity (Wildman–Crippen MR) is 123 cm³/mol. The van der Waals surface area contributed by atoms with Crippen LogP contribution in [0.5, 0.6) is 5.75 Å². The van der Waals surface area contributed by atoms with Crippen molar-refractivity contribution in [3.8, 4) is 5.75 Å². The fourth-order valence-corrected chi connectivity index (χ4v) is 4.73. The summed E-state index contributed by atoms with van der Waals surface area (Å²) in [6, 6.07) is 1.51. The van der Waals surface area contributed by atoms with E-state index in [1.54, 1.807) is 0 Å². The van der Waals surface area contributed by atoms with Crippen molar-refractivity contribution >= 4 is 23.2 Å². The van der Waals surface area contributed by atoms with E-state index in [0.717, 1.165) is 12.0 Å². The van der Waals surface area contributed by atoms with E-state index in [4.69, 9.17) is 31.5 Å². The molecule has 0 bridgehead atoms. The molecule has 0 spiro atoms. The molecule has 0 aliphatic carbocycles. The Balaban J connectivity index is 1.67. The van der Waals surface area contributed by atoms with Gasteiger partial charge in [-0.25, -0.2) is 4.39 Å². The predicted octanol–water partition coefficient (Wildman–Crippen LogP) is 3.47. The molecule has 2 aliphatic heterocycles. The van der Waals surface area contributed by atoms with Gasteiger partial charge in [0.15, 0.2) is 6.29 Å². The van der Waals surface area contributed by atoms with E-state index in [9.17, 15) is 4.79 Å². The highest BCUT2D eigenvalue weighted by molar-refractivity contribution is 6.33. The van der Waals surface area contributed by atoms with Crippen molar-refractivity contribution in [3.63, 3.8) is 0 Å². The lowest BCUT2D eigenvalue weighted by molar-refractivity contribution is -0.143. The van der Waals surface area contributed by atoms with E-state index in [1.807, 2.05) is 13.8 Å². The molecule has 1 saturated heterocycles. The van der Waals surface area contributed by atoms with Gasteiger partial charge in [0, 0.05) is 31.2 Å². The van der Waals surface area contributed by atoms with Crippen LogP contribution in [0.25, 0.3) is 0 Å². The Morgan fingerprint density at radius 1 is 1.44 bits per heavy atom. The second-order valence-corrected chi connectivity index (χ2v) is 8.77. The van der Waals surface area contributed by atoms with E-state index in [2.05, 4.69) is 10.6 Å². The highest BCUT2D eigenvalue weighted by atomic mass is 35.5. The lowest BCUT2D eigenvalue weighted by Crippen LogP contribution is -2.53. The van der Waals surface area contributed by atoms with Gasteiger partial charge in [0.1, 0.15) is 11.4 Å². The minimum absolute atomic E-state index is 0.0805. The molecule has 2 heterocycles. The molecule has 9 heteroatoms. The monoisotopic (exact) mass is 471 g/mol. The number of ether oxygens (including phenoxy) is 3. The summed E-state index contributed by atoms with van der Waals surface area (Å²) in [5.74, 6) is -0.206. The fourth-order valence-electron chi connectivity index (χ4n) is 4.50. The standard InChI is InChI=1S/C23H35ClFN3O4/c1-3-30-19(31-4-2)8-7-15-13-27-10-9-23(15,25)14-28-22(29)17-12-18(24)20(26)16-6-5-11-32-21(16)17/h12,15,19,27H,3-11,13-14,26H2,1-2H3,(H,28,29). The van der Waals surface area contributed by atoms with Crippen LogP contribution in [0.1, 0.15) is 55.5 Å². The molecule has 0 aromatic heterocycles. The molecule has 0 radical (unpaired) electrons. The third-order valence-corrected chi connectivity index (χ3v) is 6.59. The Labute approximate surface area is 194 Å². The Bertz CT molecular complexity index is 791. The average molecular weight is 472 g/mol. The summed E-state index contributed by atoms with van der Waals surface area (Å²) in [6.45, 7) is 6.45. The molecule has 2 unspecified atom stereocenters. The molecule has 2 aliphatic rings. The van der Waals surface area contributed by atoms with Crippen molar-refractivity contribution in [2.75, 3.05) is 45.2 Å². The maximum atomic E-state index is 16.0. The zero-order valence-electron chi connectivity index (χ0n) is 19.0. The number of nitrogen functional groups attached to an aromatic ring is 1. The first-order valence-corrected chi connectivity index (χ1v) is 11.9. The van der Waals surface area contributed by atoms with Gasteiger partial charge in [-0.15, -0.1) is 0 Å². The quantitative estimate of drug-likeness (QED) is 0.357. The van der Waals surface area contributed by atoms with Crippen LogP contribution < -0.4 is 21.1 Å². The highest BCUT2D eigenvalue weighted by Crippen LogP contribution is 2.38. The lowest BCUT2D eigenvalue weighted by atomic mass is 9.80. The number of hydrogen-bond donors (Lipinski definition) is 3. The van der Waals surface area contributed by atoms with Gasteiger partial charge in [0.25, 0.3) is 5.91 Å². The molecule has 0 saturated carbocycles. The van der Waals surface area contributed by atoms with Crippen LogP contribution >= 0.6 is 11.6 Å². The second-order valence-electron chi connectivity index (χ2n) is 8.37. The summed E-state index contributed by atoms with van der Waals surface area (Å²) in [5, 5.41) is 6.37. The summed E-state index contributed by atoms with van der Waals surface area (Å²) in [5.41, 5.74) is 6.05. The summed E-state index contributed by atoms with van der Waals surface area (Å²) in [7, 11) is 0. The van der Waals surface area contributed by atoms with Crippen LogP contribution in [0.4, 0.5) is 10.1 Å². The third-order valence-electron chi connectivity index (χ3n) is 6.27. The van der Waals surface area contributed by atoms with Crippen LogP contribution in [0, 0.1) is 5.92 Å². The largest absolute Gasteiger partial charge is 0.492 e. The van der Waals surface area contributed by atoms with Crippen molar-refractivity contribution < 1.29 is 23.4 Å². The average Bonchev–Trinajstić information content (AvgIpc) is 2.79. The Kier molecular flexibility index (Phi) is 8.99. The Morgan fingerprint density at radius 3 is 2.91 bits per heavy atom. The van der Waals surface area contributed by atoms with E-state index in [1.165, 1.54) is 6.07 Å². The first-order valence-electron chi connectivity index (χ1n) is 11.5. The molecule has 32 heavy (non-hydrogen) atoms. The molecule has 7 nitrogen and oxygen atoms in total. The molecule has 4 N–H and O–H groups in total. The van der Waals surface area contributed by atoms with Crippen LogP contribution in [0.2, 0.25) is 5.02 Å². The van der Waals surface area contributed by atoms with Crippen molar-refractivity contribution in [1.82, 2.24) is 10.6 Å². The minimum Gasteiger partial charge on any atom is -0.492 e. The van der Waals surface area contributed by atoms with Gasteiger partial charge in [-0.3, -0.25) is 4.79 Å². The molecule has 180 valence electrons. The number of nitrogens with two attached hydrogens (primary N) is 1. The molecular weight excluding hydrogens is 437 g/mol. The van der Waals surface area contributed by atoms with E-state index >= 15 is 4.39 Å². The van der Waals surface area contributed by atoms with E-state index in [-0.39, 0.29) is 18.8 Å². The third kappa shape index (κ3) is 5.84. The van der Waals surface area contributed by atoms with Crippen molar-refractivity contribution in [3.05, 3.63) is 22.2 Å². The molecule has 1 aromatic carbocycles. The molecule has 1 aromatic rings. The van der Waals surface area contributed by atoms with Gasteiger partial charge >= 0.3 is 0 Å². The number of piperidine rings is 1. The first-order chi connectivity index (χ1) is 15.4. The van der Waals surface area contributed by atoms with Gasteiger partial charge in [0.2, 0.25) is 0 Å². The number of amides is 1. The van der Waals surface area contributed by atoms with Gasteiger partial charge in [-0.2, -0.15) is 0 Å². The van der Waals surface area contributed by atoms with Gasteiger partial charge in [-0.1, -0.05) is 11.6 Å². The van der Waals surface area contributed by atoms with Crippen LogP contribution in [0.15, 0.2) is 6.07 Å². The summed E-state index contributed by atoms with van der Waals surface area (Å²) < 4.78 is 32.9. The van der Waals surface area contributed by atoms with Crippen molar-refractivity contribution in [1.29, 1.82) is 0 Å². The number of halogens is 2. The zero-order chi connectivity index (χ0) is 23.1. The number of anilines is 1. The van der Waals surface area contributed by atoms with Gasteiger partial charge in [0.05, 0.1) is 29.4 Å². The maximum absolute atomic E-state index is 16.0. The normalized spacial score (nSPS) is 23.0. The minimum atomic E-state index is -1.53. The molecule has 1 fully saturated rings. The number of benzene rings is 1. The summed E-state index contributed by atoms with van der Waals surface area (Å²) >= 11 is 6.25. The lowest BCUT2D eigenvalue weighted by Gasteiger charge is -2.39. The van der Waals surface area contributed by atoms with Crippen LogP contribution in [-0.2, 0) is 15.9 Å². The topological polar surface area (TPSA) is 94.8 Å². The smallest absolute Gasteiger partial charge is 0.255 e. The summed E-state index contributed by atoms with van der Waals surface area (Å²) in [4.78, 5) is 13.0. The number of hydrogen-bond acceptors (Lipinski definition) is 6. The van der Waals surface area contributed by atoms with Crippen LogP contribution in [0.3, 0.4) is 0 Å². The van der Waals surface area contributed by atoms with E-state index in [0.29, 0.717) is 80.6 Å². The number of fused-ring (bicyclic) bond motifs is 1. The molecule has 3 rings (SSSR count). The number of carbonyl (C=O) groups excluding carboxylic acids is 1. The van der Waals surface area contributed by atoms with E-state index < -0.39 is 11.6 Å². The first kappa shape index (κ1) is 25.0.